The minimum absolute atomic E-state index is 0.0354. The fourth-order valence-corrected chi connectivity index (χ4v) is 5.78. The lowest BCUT2D eigenvalue weighted by atomic mass is 10.1. The molecule has 0 fully saturated rings. The number of ether oxygens (including phenoxy) is 3. The van der Waals surface area contributed by atoms with Crippen LogP contribution in [0.2, 0.25) is 0 Å². The summed E-state index contributed by atoms with van der Waals surface area (Å²) in [5.41, 5.74) is 0. The number of allylic oxidation sites excluding steroid dienone is 16. The minimum Gasteiger partial charge on any atom is -0.477 e. The van der Waals surface area contributed by atoms with E-state index in [1.807, 2.05) is 21.1 Å². The molecule has 0 aromatic rings. The van der Waals surface area contributed by atoms with Gasteiger partial charge in [-0.2, -0.15) is 0 Å². The second-order valence-corrected chi connectivity index (χ2v) is 15.6. The van der Waals surface area contributed by atoms with Gasteiger partial charge in [-0.15, -0.1) is 0 Å². The Morgan fingerprint density at radius 1 is 0.552 bits per heavy atom. The first-order valence-corrected chi connectivity index (χ1v) is 22.3. The maximum atomic E-state index is 12.7. The van der Waals surface area contributed by atoms with Crippen LogP contribution in [0.4, 0.5) is 0 Å². The van der Waals surface area contributed by atoms with Crippen molar-refractivity contribution in [1.29, 1.82) is 0 Å². The van der Waals surface area contributed by atoms with Gasteiger partial charge in [0.25, 0.3) is 0 Å². The number of rotatable bonds is 38. The third-order valence-electron chi connectivity index (χ3n) is 9.25. The number of carbonyl (C=O) groups is 3. The van der Waals surface area contributed by atoms with Crippen molar-refractivity contribution in [3.05, 3.63) is 97.2 Å². The molecule has 0 aliphatic heterocycles. The molecular weight excluding hydrogens is 727 g/mol. The molecule has 2 atom stereocenters. The van der Waals surface area contributed by atoms with E-state index in [0.29, 0.717) is 12.8 Å². The van der Waals surface area contributed by atoms with Gasteiger partial charge in [0, 0.05) is 19.3 Å². The zero-order chi connectivity index (χ0) is 42.8. The number of esters is 2. The first-order chi connectivity index (χ1) is 28.1. The predicted octanol–water partition coefficient (Wildman–Crippen LogP) is 12.3. The number of unbranched alkanes of at least 4 members (excludes halogenated alkanes) is 9. The number of likely N-dealkylation sites (N-methyl/N-ethyl adjacent to an activating group) is 1. The van der Waals surface area contributed by atoms with E-state index in [-0.39, 0.29) is 42.7 Å². The van der Waals surface area contributed by atoms with Crippen LogP contribution in [0.15, 0.2) is 97.2 Å². The molecule has 58 heavy (non-hydrogen) atoms. The fraction of sp³-hybridized carbons (Fsp3) is 0.620. The van der Waals surface area contributed by atoms with E-state index in [1.165, 1.54) is 12.8 Å². The molecule has 8 nitrogen and oxygen atoms in total. The lowest BCUT2D eigenvalue weighted by Gasteiger charge is -2.31. The van der Waals surface area contributed by atoms with Crippen LogP contribution in [0.1, 0.15) is 149 Å². The van der Waals surface area contributed by atoms with Gasteiger partial charge in [-0.3, -0.25) is 9.59 Å². The summed E-state index contributed by atoms with van der Waals surface area (Å²) >= 11 is 0. The average Bonchev–Trinajstić information content (AvgIpc) is 3.18. The summed E-state index contributed by atoms with van der Waals surface area (Å²) in [5.74, 6) is -1.55. The van der Waals surface area contributed by atoms with Gasteiger partial charge in [-0.1, -0.05) is 143 Å². The zero-order valence-electron chi connectivity index (χ0n) is 37.2. The Balaban J connectivity index is 4.40. The number of carbonyl (C=O) groups excluding carboxylic acids is 2. The third-order valence-corrected chi connectivity index (χ3v) is 9.25. The molecule has 0 amide bonds. The van der Waals surface area contributed by atoms with Crippen molar-refractivity contribution in [3.8, 4) is 0 Å². The van der Waals surface area contributed by atoms with Crippen LogP contribution in [-0.2, 0) is 28.6 Å². The molecule has 0 aliphatic carbocycles. The second kappa shape index (κ2) is 40.0. The highest BCUT2D eigenvalue weighted by molar-refractivity contribution is 5.72. The molecule has 0 aromatic carbocycles. The first-order valence-electron chi connectivity index (χ1n) is 22.3. The number of hydrogen-bond donors (Lipinski definition) is 1. The summed E-state index contributed by atoms with van der Waals surface area (Å²) in [6, 6.07) is -0.629. The molecule has 0 rings (SSSR count). The summed E-state index contributed by atoms with van der Waals surface area (Å²) in [6.07, 6.45) is 53.1. The van der Waals surface area contributed by atoms with Crippen molar-refractivity contribution in [2.45, 2.75) is 161 Å². The van der Waals surface area contributed by atoms with Crippen LogP contribution < -0.4 is 0 Å². The predicted molar refractivity (Wildman–Crippen MR) is 243 cm³/mol. The monoisotopic (exact) mass is 809 g/mol. The van der Waals surface area contributed by atoms with Crippen LogP contribution in [0.25, 0.3) is 0 Å². The molecule has 1 N–H and O–H groups in total. The van der Waals surface area contributed by atoms with Crippen molar-refractivity contribution >= 4 is 17.9 Å². The van der Waals surface area contributed by atoms with Crippen molar-refractivity contribution in [2.24, 2.45) is 0 Å². The molecule has 0 saturated heterocycles. The second-order valence-electron chi connectivity index (χ2n) is 15.6. The highest BCUT2D eigenvalue weighted by atomic mass is 16.6. The molecule has 0 radical (unpaired) electrons. The van der Waals surface area contributed by atoms with Crippen molar-refractivity contribution < 1.29 is 38.2 Å². The molecule has 0 saturated carbocycles. The first kappa shape index (κ1) is 54.2. The molecule has 2 unspecified atom stereocenters. The van der Waals surface area contributed by atoms with Gasteiger partial charge in [0.05, 0.1) is 34.4 Å². The smallest absolute Gasteiger partial charge is 0.362 e. The molecule has 0 aromatic heterocycles. The molecular formula is C50H82NO7+. The molecule has 8 heteroatoms. The van der Waals surface area contributed by atoms with E-state index < -0.39 is 18.1 Å². The van der Waals surface area contributed by atoms with Gasteiger partial charge >= 0.3 is 17.9 Å². The Labute approximate surface area is 354 Å². The topological polar surface area (TPSA) is 99.1 Å². The zero-order valence-corrected chi connectivity index (χ0v) is 37.2. The van der Waals surface area contributed by atoms with Crippen LogP contribution >= 0.6 is 0 Å². The summed E-state index contributed by atoms with van der Waals surface area (Å²) in [7, 11) is 5.49. The fourth-order valence-electron chi connectivity index (χ4n) is 5.78. The minimum atomic E-state index is -0.888. The van der Waals surface area contributed by atoms with Gasteiger partial charge in [0.15, 0.2) is 12.1 Å². The number of carboxylic acid groups (broad SMARTS) is 1. The van der Waals surface area contributed by atoms with Crippen molar-refractivity contribution in [1.82, 2.24) is 0 Å². The maximum absolute atomic E-state index is 12.7. The largest absolute Gasteiger partial charge is 0.477 e. The summed E-state index contributed by atoms with van der Waals surface area (Å²) in [4.78, 5) is 36.9. The molecule has 0 bridgehead atoms. The number of carboxylic acids is 1. The summed E-state index contributed by atoms with van der Waals surface area (Å²) < 4.78 is 17.2. The van der Waals surface area contributed by atoms with Gasteiger partial charge in [0.1, 0.15) is 6.61 Å². The molecule has 0 aliphatic rings. The van der Waals surface area contributed by atoms with E-state index in [1.54, 1.807) is 0 Å². The lowest BCUT2D eigenvalue weighted by molar-refractivity contribution is -0.887. The van der Waals surface area contributed by atoms with Gasteiger partial charge in [0.2, 0.25) is 0 Å². The van der Waals surface area contributed by atoms with Crippen LogP contribution in [-0.4, -0.2) is 80.6 Å². The number of aliphatic carboxylic acids is 1. The Morgan fingerprint density at radius 2 is 1.02 bits per heavy atom. The van der Waals surface area contributed by atoms with Crippen molar-refractivity contribution in [3.63, 3.8) is 0 Å². The van der Waals surface area contributed by atoms with Crippen molar-refractivity contribution in [2.75, 3.05) is 41.0 Å². The standard InChI is InChI=1S/C50H81NO7/c1-6-8-10-12-14-16-18-19-20-21-22-23-24-25-26-27-28-29-31-33-35-37-39-41-49(53)58-46(44-56-43-42-47(50(54)55)51(3,4)5)45-57-48(52)40-38-36-34-32-30-17-15-13-11-9-7-2/h8,10,13-17,19-20,22-23,25-26,28-30,46-47H,6-7,9,11-12,18,21,24,27,31-45H2,1-5H3/p+1/b10-8+,15-13+,16-14+,20-19+,23-22+,26-25+,29-28+,30-17+. The lowest BCUT2D eigenvalue weighted by Crippen LogP contribution is -2.50. The molecule has 0 heterocycles. The van der Waals surface area contributed by atoms with Crippen LogP contribution in [0.5, 0.6) is 0 Å². The Hall–Kier alpha value is -3.75. The van der Waals surface area contributed by atoms with E-state index >= 15 is 0 Å². The third kappa shape index (κ3) is 37.8. The van der Waals surface area contributed by atoms with Gasteiger partial charge in [-0.05, 0) is 83.5 Å². The van der Waals surface area contributed by atoms with Gasteiger partial charge < -0.3 is 23.8 Å². The van der Waals surface area contributed by atoms with E-state index in [2.05, 4.69) is 111 Å². The number of nitrogens with zero attached hydrogens (tertiary/aromatic N) is 1. The summed E-state index contributed by atoms with van der Waals surface area (Å²) in [5, 5.41) is 9.61. The highest BCUT2D eigenvalue weighted by Gasteiger charge is 2.31. The summed E-state index contributed by atoms with van der Waals surface area (Å²) in [6.45, 7) is 4.48. The highest BCUT2D eigenvalue weighted by Crippen LogP contribution is 2.12. The van der Waals surface area contributed by atoms with Crippen LogP contribution in [0, 0.1) is 0 Å². The van der Waals surface area contributed by atoms with E-state index in [0.717, 1.165) is 103 Å². The quantitative estimate of drug-likeness (QED) is 0.0218. The van der Waals surface area contributed by atoms with Gasteiger partial charge in [-0.25, -0.2) is 4.79 Å². The van der Waals surface area contributed by atoms with E-state index in [9.17, 15) is 19.5 Å². The number of quaternary nitrogens is 1. The Morgan fingerprint density at radius 3 is 1.53 bits per heavy atom. The SMILES string of the molecule is CC/C=C/C/C=C/C/C=C/C/C=C/C/C=C/C/C=C/CCCCCCC(=O)OC(COCCC(C(=O)O)[N+](C)(C)C)COC(=O)CCCCC/C=C/C=C/CCCC. The normalized spacial score (nSPS) is 13.9. The Bertz CT molecular complexity index is 1260. The maximum Gasteiger partial charge on any atom is 0.362 e. The number of hydrogen-bond acceptors (Lipinski definition) is 6. The van der Waals surface area contributed by atoms with E-state index in [4.69, 9.17) is 14.2 Å². The Kier molecular flexibility index (Phi) is 37.5. The molecule has 0 spiro atoms. The average molecular weight is 809 g/mol. The van der Waals surface area contributed by atoms with Crippen LogP contribution in [0.3, 0.4) is 0 Å². The molecule has 328 valence electrons.